The average molecular weight is 333 g/mol. The number of ether oxygens (including phenoxy) is 2. The van der Waals surface area contributed by atoms with Crippen molar-refractivity contribution in [1.82, 2.24) is 4.90 Å². The monoisotopic (exact) mass is 333 g/mol. The molecule has 1 aliphatic rings. The molecule has 0 unspecified atom stereocenters. The largest absolute Gasteiger partial charge is 0.466 e. The Bertz CT molecular complexity index is 669. The molecule has 1 fully saturated rings. The molecular weight excluding hydrogens is 314 g/mol. The number of anilines is 2. The zero-order valence-corrected chi connectivity index (χ0v) is 13.7. The van der Waals surface area contributed by atoms with Crippen LogP contribution < -0.4 is 10.2 Å². The molecule has 24 heavy (non-hydrogen) atoms. The van der Waals surface area contributed by atoms with E-state index in [2.05, 4.69) is 14.8 Å². The number of rotatable bonds is 5. The number of likely N-dealkylation sites (N-methyl/N-ethyl adjacent to an activating group) is 1. The maximum atomic E-state index is 12.0. The molecule has 8 heteroatoms. The van der Waals surface area contributed by atoms with Crippen LogP contribution >= 0.6 is 0 Å². The van der Waals surface area contributed by atoms with E-state index in [9.17, 15) is 14.4 Å². The van der Waals surface area contributed by atoms with Crippen LogP contribution in [0.5, 0.6) is 0 Å². The molecule has 1 saturated heterocycles. The van der Waals surface area contributed by atoms with E-state index < -0.39 is 11.9 Å². The van der Waals surface area contributed by atoms with Gasteiger partial charge in [-0.25, -0.2) is 14.4 Å². The van der Waals surface area contributed by atoms with Crippen LogP contribution in [0.1, 0.15) is 0 Å². The van der Waals surface area contributed by atoms with Gasteiger partial charge in [0.25, 0.3) is 0 Å². The van der Waals surface area contributed by atoms with Gasteiger partial charge in [0.1, 0.15) is 5.70 Å². The van der Waals surface area contributed by atoms with Crippen molar-refractivity contribution in [3.63, 3.8) is 0 Å². The molecule has 1 N–H and O–H groups in total. The van der Waals surface area contributed by atoms with Crippen LogP contribution in [-0.2, 0) is 19.1 Å². The molecule has 0 saturated carbocycles. The molecule has 2 rings (SSSR count). The molecule has 8 nitrogen and oxygen atoms in total. The van der Waals surface area contributed by atoms with Crippen molar-refractivity contribution < 1.29 is 23.9 Å². The second-order valence-corrected chi connectivity index (χ2v) is 5.10. The molecule has 0 radical (unpaired) electrons. The van der Waals surface area contributed by atoms with Crippen LogP contribution in [0.3, 0.4) is 0 Å². The van der Waals surface area contributed by atoms with Crippen molar-refractivity contribution in [3.8, 4) is 0 Å². The van der Waals surface area contributed by atoms with Gasteiger partial charge < -0.3 is 19.7 Å². The molecule has 0 spiro atoms. The van der Waals surface area contributed by atoms with Crippen LogP contribution in [0.25, 0.3) is 0 Å². The summed E-state index contributed by atoms with van der Waals surface area (Å²) < 4.78 is 9.13. The predicted octanol–water partition coefficient (Wildman–Crippen LogP) is 1.20. The summed E-state index contributed by atoms with van der Waals surface area (Å²) in [6.07, 6.45) is 1.01. The van der Waals surface area contributed by atoms with E-state index in [1.807, 2.05) is 0 Å². The van der Waals surface area contributed by atoms with Gasteiger partial charge in [0.05, 0.1) is 20.3 Å². The molecule has 0 aliphatic carbocycles. The molecule has 128 valence electrons. The van der Waals surface area contributed by atoms with Crippen molar-refractivity contribution >= 4 is 29.3 Å². The van der Waals surface area contributed by atoms with E-state index in [0.29, 0.717) is 18.8 Å². The number of amides is 2. The van der Waals surface area contributed by atoms with E-state index >= 15 is 0 Å². The first-order chi connectivity index (χ1) is 11.5. The first-order valence-corrected chi connectivity index (χ1v) is 7.24. The number of nitrogens with zero attached hydrogens (tertiary/aromatic N) is 2. The number of benzene rings is 1. The Balaban J connectivity index is 2.14. The third-order valence-corrected chi connectivity index (χ3v) is 3.54. The van der Waals surface area contributed by atoms with E-state index in [0.717, 1.165) is 11.8 Å². The summed E-state index contributed by atoms with van der Waals surface area (Å²) in [5, 5.41) is 2.80. The minimum absolute atomic E-state index is 0.0471. The lowest BCUT2D eigenvalue weighted by Crippen LogP contribution is -2.29. The normalized spacial score (nSPS) is 14.6. The third kappa shape index (κ3) is 3.83. The van der Waals surface area contributed by atoms with E-state index in [1.165, 1.54) is 14.2 Å². The third-order valence-electron chi connectivity index (χ3n) is 3.54. The fraction of sp³-hybridized carbons (Fsp3) is 0.312. The summed E-state index contributed by atoms with van der Waals surface area (Å²) in [5.74, 6) is -1.37. The Morgan fingerprint density at radius 3 is 2.29 bits per heavy atom. The lowest BCUT2D eigenvalue weighted by atomic mass is 10.2. The summed E-state index contributed by atoms with van der Waals surface area (Å²) in [6.45, 7) is 1.30. The molecule has 1 aliphatic heterocycles. The van der Waals surface area contributed by atoms with Gasteiger partial charge >= 0.3 is 18.0 Å². The predicted molar refractivity (Wildman–Crippen MR) is 87.6 cm³/mol. The van der Waals surface area contributed by atoms with Crippen molar-refractivity contribution in [1.29, 1.82) is 0 Å². The van der Waals surface area contributed by atoms with Crippen LogP contribution in [-0.4, -0.2) is 57.2 Å². The number of urea groups is 1. The Hall–Kier alpha value is -3.03. The summed E-state index contributed by atoms with van der Waals surface area (Å²) in [7, 11) is 4.18. The highest BCUT2D eigenvalue weighted by Gasteiger charge is 2.26. The van der Waals surface area contributed by atoms with E-state index in [1.54, 1.807) is 41.1 Å². The smallest absolute Gasteiger partial charge is 0.354 e. The van der Waals surface area contributed by atoms with Gasteiger partial charge in [0, 0.05) is 31.5 Å². The summed E-state index contributed by atoms with van der Waals surface area (Å²) in [4.78, 5) is 38.3. The van der Waals surface area contributed by atoms with Crippen LogP contribution in [0.15, 0.2) is 36.0 Å². The van der Waals surface area contributed by atoms with Gasteiger partial charge in [-0.3, -0.25) is 4.90 Å². The summed E-state index contributed by atoms with van der Waals surface area (Å²) in [6, 6.07) is 6.86. The second kappa shape index (κ2) is 7.49. The highest BCUT2D eigenvalue weighted by atomic mass is 16.5. The van der Waals surface area contributed by atoms with Gasteiger partial charge in [-0.2, -0.15) is 0 Å². The topological polar surface area (TPSA) is 88.2 Å². The van der Waals surface area contributed by atoms with E-state index in [-0.39, 0.29) is 11.7 Å². The highest BCUT2D eigenvalue weighted by Crippen LogP contribution is 2.22. The number of hydrogen-bond donors (Lipinski definition) is 1. The highest BCUT2D eigenvalue weighted by molar-refractivity contribution is 5.99. The number of nitrogens with one attached hydrogen (secondary N) is 1. The minimum atomic E-state index is -0.694. The van der Waals surface area contributed by atoms with Crippen molar-refractivity contribution in [2.24, 2.45) is 0 Å². The van der Waals surface area contributed by atoms with Crippen molar-refractivity contribution in [2.45, 2.75) is 0 Å². The molecule has 2 amide bonds. The van der Waals surface area contributed by atoms with Crippen LogP contribution in [0.4, 0.5) is 16.2 Å². The molecule has 1 aromatic rings. The van der Waals surface area contributed by atoms with Crippen molar-refractivity contribution in [3.05, 3.63) is 36.0 Å². The van der Waals surface area contributed by atoms with Crippen molar-refractivity contribution in [2.75, 3.05) is 44.6 Å². The zero-order chi connectivity index (χ0) is 17.7. The molecule has 1 heterocycles. The van der Waals surface area contributed by atoms with Gasteiger partial charge in [0.2, 0.25) is 0 Å². The van der Waals surface area contributed by atoms with Crippen LogP contribution in [0.2, 0.25) is 0 Å². The average Bonchev–Trinajstić information content (AvgIpc) is 2.93. The SMILES string of the molecule is COC(=O)/C=C(/Nc1ccc(N2CCN(C)C2=O)cc1)C(=O)OC. The Morgan fingerprint density at radius 1 is 1.12 bits per heavy atom. The first kappa shape index (κ1) is 17.3. The summed E-state index contributed by atoms with van der Waals surface area (Å²) >= 11 is 0. The standard InChI is InChI=1S/C16H19N3O5/c1-18-8-9-19(16(18)22)12-6-4-11(5-7-12)17-13(15(21)24-3)10-14(20)23-2/h4-7,10,17H,8-9H2,1-3H3/b13-10+. The fourth-order valence-electron chi connectivity index (χ4n) is 2.20. The van der Waals surface area contributed by atoms with Gasteiger partial charge in [-0.05, 0) is 24.3 Å². The summed E-state index contributed by atoms with van der Waals surface area (Å²) in [5.41, 5.74) is 1.28. The number of esters is 2. The minimum Gasteiger partial charge on any atom is -0.466 e. The maximum absolute atomic E-state index is 12.0. The molecule has 0 bridgehead atoms. The molecule has 0 aromatic heterocycles. The lowest BCUT2D eigenvalue weighted by Gasteiger charge is -2.16. The van der Waals surface area contributed by atoms with E-state index in [4.69, 9.17) is 0 Å². The fourth-order valence-corrected chi connectivity index (χ4v) is 2.20. The Morgan fingerprint density at radius 2 is 1.79 bits per heavy atom. The second-order valence-electron chi connectivity index (χ2n) is 5.10. The Kier molecular flexibility index (Phi) is 5.41. The molecule has 0 atom stereocenters. The number of hydrogen-bond acceptors (Lipinski definition) is 6. The van der Waals surface area contributed by atoms with Gasteiger partial charge in [-0.15, -0.1) is 0 Å². The molecule has 1 aromatic carbocycles. The Labute approximate surface area is 139 Å². The maximum Gasteiger partial charge on any atom is 0.354 e. The number of methoxy groups -OCH3 is 2. The quantitative estimate of drug-likeness (QED) is 0.643. The van der Waals surface area contributed by atoms with Gasteiger partial charge in [0.15, 0.2) is 0 Å². The number of carbonyl (C=O) groups excluding carboxylic acids is 3. The van der Waals surface area contributed by atoms with Gasteiger partial charge in [-0.1, -0.05) is 0 Å². The lowest BCUT2D eigenvalue weighted by molar-refractivity contribution is -0.138. The first-order valence-electron chi connectivity index (χ1n) is 7.24. The number of carbonyl (C=O) groups is 3. The zero-order valence-electron chi connectivity index (χ0n) is 13.7. The molecular formula is C16H19N3O5. The van der Waals surface area contributed by atoms with Crippen LogP contribution in [0, 0.1) is 0 Å².